The Morgan fingerprint density at radius 1 is 1.23 bits per heavy atom. The van der Waals surface area contributed by atoms with Gasteiger partial charge in [0.1, 0.15) is 13.2 Å². The molecule has 1 N–H and O–H groups in total. The highest BCUT2D eigenvalue weighted by Crippen LogP contribution is 2.38. The Balaban J connectivity index is 1.61. The first-order valence-corrected chi connectivity index (χ1v) is 8.72. The highest BCUT2D eigenvalue weighted by Gasteiger charge is 2.15. The van der Waals surface area contributed by atoms with Crippen molar-refractivity contribution in [3.63, 3.8) is 0 Å². The van der Waals surface area contributed by atoms with E-state index in [9.17, 15) is 4.79 Å². The third-order valence-electron chi connectivity index (χ3n) is 3.94. The van der Waals surface area contributed by atoms with Gasteiger partial charge in [0, 0.05) is 32.4 Å². The molecule has 1 amide bonds. The molecule has 0 aromatic heterocycles. The van der Waals surface area contributed by atoms with Crippen LogP contribution in [0, 0.1) is 0 Å². The molecule has 0 fully saturated rings. The zero-order valence-electron chi connectivity index (χ0n) is 14.8. The van der Waals surface area contributed by atoms with Crippen LogP contribution in [-0.4, -0.2) is 33.2 Å². The summed E-state index contributed by atoms with van der Waals surface area (Å²) in [7, 11) is 3.97. The number of fused-ring (bicyclic) bond motifs is 1. The SMILES string of the molecule is CN(C)c1cccc(CNC(=O)/C=C/c2cc(Cl)c3c(c2)OCCO3)c1. The Hall–Kier alpha value is -2.66. The molecule has 0 aliphatic carbocycles. The summed E-state index contributed by atoms with van der Waals surface area (Å²) in [4.78, 5) is 14.1. The van der Waals surface area contributed by atoms with E-state index in [1.165, 1.54) is 6.08 Å². The van der Waals surface area contributed by atoms with Crippen molar-refractivity contribution in [2.45, 2.75) is 6.54 Å². The number of nitrogens with zero attached hydrogens (tertiary/aromatic N) is 1. The molecule has 1 aliphatic rings. The molecular weight excluding hydrogens is 352 g/mol. The quantitative estimate of drug-likeness (QED) is 0.816. The zero-order chi connectivity index (χ0) is 18.5. The predicted molar refractivity (Wildman–Crippen MR) is 104 cm³/mol. The number of anilines is 1. The van der Waals surface area contributed by atoms with Crippen molar-refractivity contribution in [2.24, 2.45) is 0 Å². The van der Waals surface area contributed by atoms with E-state index < -0.39 is 0 Å². The van der Waals surface area contributed by atoms with Gasteiger partial charge in [-0.1, -0.05) is 23.7 Å². The van der Waals surface area contributed by atoms with Crippen LogP contribution in [-0.2, 0) is 11.3 Å². The summed E-state index contributed by atoms with van der Waals surface area (Å²) < 4.78 is 11.0. The first-order chi connectivity index (χ1) is 12.5. The second kappa shape index (κ2) is 8.15. The van der Waals surface area contributed by atoms with Gasteiger partial charge in [-0.15, -0.1) is 0 Å². The molecule has 5 nitrogen and oxygen atoms in total. The molecule has 1 aliphatic heterocycles. The van der Waals surface area contributed by atoms with Gasteiger partial charge in [-0.3, -0.25) is 4.79 Å². The van der Waals surface area contributed by atoms with E-state index in [1.807, 2.05) is 49.3 Å². The second-order valence-corrected chi connectivity index (χ2v) is 6.55. The molecule has 2 aromatic carbocycles. The Kier molecular flexibility index (Phi) is 5.68. The van der Waals surface area contributed by atoms with Gasteiger partial charge in [0.25, 0.3) is 0 Å². The summed E-state index contributed by atoms with van der Waals surface area (Å²) >= 11 is 6.20. The summed E-state index contributed by atoms with van der Waals surface area (Å²) in [5.74, 6) is 0.982. The number of rotatable bonds is 5. The average Bonchev–Trinajstić information content (AvgIpc) is 2.65. The third kappa shape index (κ3) is 4.49. The molecule has 136 valence electrons. The number of nitrogens with one attached hydrogen (secondary N) is 1. The van der Waals surface area contributed by atoms with Crippen molar-refractivity contribution in [3.05, 3.63) is 58.6 Å². The van der Waals surface area contributed by atoms with E-state index in [-0.39, 0.29) is 5.91 Å². The van der Waals surface area contributed by atoms with E-state index in [0.717, 1.165) is 16.8 Å². The van der Waals surface area contributed by atoms with Crippen molar-refractivity contribution >= 4 is 29.3 Å². The van der Waals surface area contributed by atoms with Gasteiger partial charge in [0.15, 0.2) is 11.5 Å². The molecule has 26 heavy (non-hydrogen) atoms. The molecule has 3 rings (SSSR count). The van der Waals surface area contributed by atoms with Crippen LogP contribution in [0.2, 0.25) is 5.02 Å². The van der Waals surface area contributed by atoms with Gasteiger partial charge < -0.3 is 19.7 Å². The minimum absolute atomic E-state index is 0.175. The van der Waals surface area contributed by atoms with Gasteiger partial charge in [-0.25, -0.2) is 0 Å². The van der Waals surface area contributed by atoms with Crippen molar-refractivity contribution in [1.29, 1.82) is 0 Å². The normalized spacial score (nSPS) is 12.9. The fourth-order valence-corrected chi connectivity index (χ4v) is 2.87. The number of benzene rings is 2. The molecule has 6 heteroatoms. The molecule has 0 unspecified atom stereocenters. The van der Waals surface area contributed by atoms with Crippen LogP contribution in [0.1, 0.15) is 11.1 Å². The summed E-state index contributed by atoms with van der Waals surface area (Å²) in [6, 6.07) is 11.6. The molecule has 0 saturated heterocycles. The maximum Gasteiger partial charge on any atom is 0.244 e. The van der Waals surface area contributed by atoms with E-state index in [1.54, 1.807) is 12.1 Å². The van der Waals surface area contributed by atoms with Crippen LogP contribution in [0.25, 0.3) is 6.08 Å². The number of amides is 1. The van der Waals surface area contributed by atoms with Crippen LogP contribution in [0.15, 0.2) is 42.5 Å². The summed E-state index contributed by atoms with van der Waals surface area (Å²) in [5.41, 5.74) is 2.92. The third-order valence-corrected chi connectivity index (χ3v) is 4.22. The summed E-state index contributed by atoms with van der Waals surface area (Å²) in [6.45, 7) is 1.44. The summed E-state index contributed by atoms with van der Waals surface area (Å²) in [6.07, 6.45) is 3.19. The van der Waals surface area contributed by atoms with Crippen LogP contribution >= 0.6 is 11.6 Å². The van der Waals surface area contributed by atoms with Gasteiger partial charge >= 0.3 is 0 Å². The van der Waals surface area contributed by atoms with Gasteiger partial charge in [0.05, 0.1) is 5.02 Å². The Bertz CT molecular complexity index is 834. The number of carbonyl (C=O) groups excluding carboxylic acids is 1. The zero-order valence-corrected chi connectivity index (χ0v) is 15.5. The van der Waals surface area contributed by atoms with Gasteiger partial charge in [-0.05, 0) is 41.5 Å². The lowest BCUT2D eigenvalue weighted by Crippen LogP contribution is -2.20. The number of ether oxygens (including phenoxy) is 2. The molecule has 0 atom stereocenters. The topological polar surface area (TPSA) is 50.8 Å². The fourth-order valence-electron chi connectivity index (χ4n) is 2.59. The van der Waals surface area contributed by atoms with Crippen LogP contribution in [0.3, 0.4) is 0 Å². The first-order valence-electron chi connectivity index (χ1n) is 8.34. The van der Waals surface area contributed by atoms with E-state index in [4.69, 9.17) is 21.1 Å². The highest BCUT2D eigenvalue weighted by atomic mass is 35.5. The first kappa shape index (κ1) is 18.1. The van der Waals surface area contributed by atoms with E-state index in [0.29, 0.717) is 36.3 Å². The summed E-state index contributed by atoms with van der Waals surface area (Å²) in [5, 5.41) is 3.35. The van der Waals surface area contributed by atoms with Crippen molar-refractivity contribution in [2.75, 3.05) is 32.2 Å². The maximum atomic E-state index is 12.1. The molecule has 0 saturated carbocycles. The second-order valence-electron chi connectivity index (χ2n) is 6.14. The molecular formula is C20H21ClN2O3. The van der Waals surface area contributed by atoms with Gasteiger partial charge in [0.2, 0.25) is 5.91 Å². The molecule has 0 radical (unpaired) electrons. The number of carbonyl (C=O) groups is 1. The molecule has 0 spiro atoms. The molecule has 1 heterocycles. The van der Waals surface area contributed by atoms with Gasteiger partial charge in [-0.2, -0.15) is 0 Å². The van der Waals surface area contributed by atoms with Crippen LogP contribution < -0.4 is 19.7 Å². The lowest BCUT2D eigenvalue weighted by Gasteiger charge is -2.19. The number of halogens is 1. The van der Waals surface area contributed by atoms with E-state index in [2.05, 4.69) is 5.32 Å². The largest absolute Gasteiger partial charge is 0.486 e. The average molecular weight is 373 g/mol. The molecule has 0 bridgehead atoms. The van der Waals surface area contributed by atoms with Crippen LogP contribution in [0.4, 0.5) is 5.69 Å². The Morgan fingerprint density at radius 2 is 2.04 bits per heavy atom. The van der Waals surface area contributed by atoms with Crippen LogP contribution in [0.5, 0.6) is 11.5 Å². The van der Waals surface area contributed by atoms with E-state index >= 15 is 0 Å². The van der Waals surface area contributed by atoms with Crippen molar-refractivity contribution in [1.82, 2.24) is 5.32 Å². The highest BCUT2D eigenvalue weighted by molar-refractivity contribution is 6.32. The lowest BCUT2D eigenvalue weighted by atomic mass is 10.1. The standard InChI is InChI=1S/C20H21ClN2O3/c1-23(2)16-5-3-4-15(10-16)13-22-19(24)7-6-14-11-17(21)20-18(12-14)25-8-9-26-20/h3-7,10-12H,8-9,13H2,1-2H3,(H,22,24)/b7-6+. The monoisotopic (exact) mass is 372 g/mol. The number of hydrogen-bond acceptors (Lipinski definition) is 4. The minimum Gasteiger partial charge on any atom is -0.486 e. The fraction of sp³-hybridized carbons (Fsp3) is 0.250. The van der Waals surface area contributed by atoms with Crippen molar-refractivity contribution in [3.8, 4) is 11.5 Å². The molecule has 2 aromatic rings. The Labute approximate surface area is 158 Å². The maximum absolute atomic E-state index is 12.1. The minimum atomic E-state index is -0.175. The predicted octanol–water partition coefficient (Wildman–Crippen LogP) is 3.51. The lowest BCUT2D eigenvalue weighted by molar-refractivity contribution is -0.116. The number of hydrogen-bond donors (Lipinski definition) is 1. The Morgan fingerprint density at radius 3 is 2.85 bits per heavy atom. The smallest absolute Gasteiger partial charge is 0.244 e. The van der Waals surface area contributed by atoms with Crippen molar-refractivity contribution < 1.29 is 14.3 Å².